The van der Waals surface area contributed by atoms with Crippen molar-refractivity contribution in [1.29, 1.82) is 0 Å². The molecule has 0 saturated carbocycles. The molecule has 0 aliphatic rings. The van der Waals surface area contributed by atoms with Gasteiger partial charge in [0, 0.05) is 31.9 Å². The molecule has 27 heavy (non-hydrogen) atoms. The molecule has 0 radical (unpaired) electrons. The zero-order valence-electron chi connectivity index (χ0n) is 17.2. The minimum atomic E-state index is -0.534. The van der Waals surface area contributed by atoms with Crippen molar-refractivity contribution in [2.45, 2.75) is 52.3 Å². The summed E-state index contributed by atoms with van der Waals surface area (Å²) in [5, 5.41) is 9.24. The molecule has 0 saturated heterocycles. The second-order valence-electron chi connectivity index (χ2n) is 7.46. The van der Waals surface area contributed by atoms with Gasteiger partial charge in [0.15, 0.2) is 5.96 Å². The normalized spacial score (nSPS) is 11.9. The van der Waals surface area contributed by atoms with Crippen LogP contribution in [0.15, 0.2) is 23.3 Å². The Hall–Kier alpha value is -1.78. The second kappa shape index (κ2) is 11.2. The Bertz CT molecular complexity index is 630. The number of hydrogen-bond acceptors (Lipinski definition) is 5. The maximum atomic E-state index is 11.9. The standard InChI is InChI=1S/C18H31N5O3.HI/c1-17(2,3)26-16(24)23-18(4,5)12-22-15(19-6)21-11-13-9-8-10-20-14(13)25-7;/h8-10H,11-12H2,1-7H3,(H,23,24)(H2,19,21,22);1H. The average Bonchev–Trinajstić information content (AvgIpc) is 2.52. The summed E-state index contributed by atoms with van der Waals surface area (Å²) in [6.07, 6.45) is 1.23. The molecular formula is C18H32IN5O3. The number of rotatable bonds is 6. The third-order valence-corrected chi connectivity index (χ3v) is 3.25. The van der Waals surface area contributed by atoms with Crippen LogP contribution in [0, 0.1) is 0 Å². The lowest BCUT2D eigenvalue weighted by molar-refractivity contribution is 0.0474. The van der Waals surface area contributed by atoms with Gasteiger partial charge in [-0.2, -0.15) is 0 Å². The lowest BCUT2D eigenvalue weighted by Crippen LogP contribution is -2.54. The highest BCUT2D eigenvalue weighted by molar-refractivity contribution is 14.0. The second-order valence-corrected chi connectivity index (χ2v) is 7.46. The Morgan fingerprint density at radius 3 is 2.44 bits per heavy atom. The monoisotopic (exact) mass is 493 g/mol. The number of halogens is 1. The third kappa shape index (κ3) is 10.2. The molecule has 0 aromatic carbocycles. The van der Waals surface area contributed by atoms with Gasteiger partial charge in [-0.1, -0.05) is 6.07 Å². The number of guanidine groups is 1. The molecule has 0 bridgehead atoms. The Kier molecular flexibility index (Phi) is 10.4. The topological polar surface area (TPSA) is 96.9 Å². The highest BCUT2D eigenvalue weighted by Crippen LogP contribution is 2.13. The molecule has 1 rings (SSSR count). The van der Waals surface area contributed by atoms with Crippen LogP contribution in [0.5, 0.6) is 5.88 Å². The minimum absolute atomic E-state index is 0. The summed E-state index contributed by atoms with van der Waals surface area (Å²) in [5.41, 5.74) is -0.135. The summed E-state index contributed by atoms with van der Waals surface area (Å²) in [5.74, 6) is 1.18. The number of aromatic nitrogens is 1. The number of methoxy groups -OCH3 is 1. The van der Waals surface area contributed by atoms with Crippen LogP contribution in [0.25, 0.3) is 0 Å². The molecule has 9 heteroatoms. The van der Waals surface area contributed by atoms with Crippen LogP contribution in [0.3, 0.4) is 0 Å². The van der Waals surface area contributed by atoms with Gasteiger partial charge >= 0.3 is 6.09 Å². The van der Waals surface area contributed by atoms with Crippen LogP contribution in [0.4, 0.5) is 4.79 Å². The van der Waals surface area contributed by atoms with Crippen LogP contribution in [-0.4, -0.2) is 48.9 Å². The van der Waals surface area contributed by atoms with E-state index in [9.17, 15) is 4.79 Å². The number of nitrogens with one attached hydrogen (secondary N) is 3. The predicted molar refractivity (Wildman–Crippen MR) is 118 cm³/mol. The van der Waals surface area contributed by atoms with Gasteiger partial charge in [-0.15, -0.1) is 24.0 Å². The number of aliphatic imine (C=N–C) groups is 1. The van der Waals surface area contributed by atoms with Crippen molar-refractivity contribution in [3.63, 3.8) is 0 Å². The lowest BCUT2D eigenvalue weighted by Gasteiger charge is -2.29. The molecule has 0 fully saturated rings. The first-order valence-electron chi connectivity index (χ1n) is 8.50. The summed E-state index contributed by atoms with van der Waals surface area (Å²) >= 11 is 0. The molecule has 1 aromatic rings. The highest BCUT2D eigenvalue weighted by Gasteiger charge is 2.24. The fraction of sp³-hybridized carbons (Fsp3) is 0.611. The van der Waals surface area contributed by atoms with Crippen molar-refractivity contribution in [1.82, 2.24) is 20.9 Å². The van der Waals surface area contributed by atoms with Gasteiger partial charge in [-0.05, 0) is 40.7 Å². The Morgan fingerprint density at radius 2 is 1.89 bits per heavy atom. The van der Waals surface area contributed by atoms with E-state index in [0.717, 1.165) is 5.56 Å². The van der Waals surface area contributed by atoms with Crippen LogP contribution in [-0.2, 0) is 11.3 Å². The molecule has 154 valence electrons. The molecule has 0 unspecified atom stereocenters. The van der Waals surface area contributed by atoms with E-state index in [1.807, 2.05) is 46.8 Å². The van der Waals surface area contributed by atoms with Crippen molar-refractivity contribution < 1.29 is 14.3 Å². The number of pyridine rings is 1. The van der Waals surface area contributed by atoms with Crippen molar-refractivity contribution in [2.75, 3.05) is 20.7 Å². The van der Waals surface area contributed by atoms with E-state index >= 15 is 0 Å². The quantitative estimate of drug-likeness (QED) is 0.321. The summed E-state index contributed by atoms with van der Waals surface area (Å²) in [6.45, 7) is 10.3. The molecule has 0 aliphatic heterocycles. The molecule has 0 spiro atoms. The molecule has 1 heterocycles. The van der Waals surface area contributed by atoms with Crippen molar-refractivity contribution >= 4 is 36.0 Å². The number of amides is 1. The van der Waals surface area contributed by atoms with E-state index in [2.05, 4.69) is 25.9 Å². The zero-order chi connectivity index (χ0) is 19.8. The molecule has 8 nitrogen and oxygen atoms in total. The van der Waals surface area contributed by atoms with E-state index in [0.29, 0.717) is 24.9 Å². The van der Waals surface area contributed by atoms with E-state index in [-0.39, 0.29) is 24.0 Å². The predicted octanol–water partition coefficient (Wildman–Crippen LogP) is 2.68. The van der Waals surface area contributed by atoms with Gasteiger partial charge in [0.25, 0.3) is 0 Å². The van der Waals surface area contributed by atoms with Crippen molar-refractivity contribution in [2.24, 2.45) is 4.99 Å². The summed E-state index contributed by atoms with van der Waals surface area (Å²) in [4.78, 5) is 20.3. The van der Waals surface area contributed by atoms with E-state index in [1.54, 1.807) is 20.4 Å². The SMILES string of the molecule is CN=C(NCc1cccnc1OC)NCC(C)(C)NC(=O)OC(C)(C)C.I. The van der Waals surface area contributed by atoms with Gasteiger partial charge in [0.05, 0.1) is 12.6 Å². The number of nitrogens with zero attached hydrogens (tertiary/aromatic N) is 2. The first-order chi connectivity index (χ1) is 12.1. The summed E-state index contributed by atoms with van der Waals surface area (Å²) in [7, 11) is 3.27. The van der Waals surface area contributed by atoms with Crippen LogP contribution < -0.4 is 20.7 Å². The molecule has 3 N–H and O–H groups in total. The number of carbonyl (C=O) groups excluding carboxylic acids is 1. The molecule has 0 atom stereocenters. The minimum Gasteiger partial charge on any atom is -0.481 e. The summed E-state index contributed by atoms with van der Waals surface area (Å²) < 4.78 is 10.5. The molecule has 0 aliphatic carbocycles. The summed E-state index contributed by atoms with van der Waals surface area (Å²) in [6, 6.07) is 3.78. The van der Waals surface area contributed by atoms with Gasteiger partial charge < -0.3 is 25.4 Å². The molecule has 1 aromatic heterocycles. The first kappa shape index (κ1) is 25.2. The van der Waals surface area contributed by atoms with E-state index in [1.165, 1.54) is 0 Å². The Morgan fingerprint density at radius 1 is 1.22 bits per heavy atom. The van der Waals surface area contributed by atoms with Crippen LogP contribution in [0.2, 0.25) is 0 Å². The van der Waals surface area contributed by atoms with Gasteiger partial charge in [-0.25, -0.2) is 9.78 Å². The maximum Gasteiger partial charge on any atom is 0.408 e. The Labute approximate surface area is 178 Å². The van der Waals surface area contributed by atoms with E-state index < -0.39 is 17.2 Å². The van der Waals surface area contributed by atoms with Crippen molar-refractivity contribution in [3.8, 4) is 5.88 Å². The zero-order valence-corrected chi connectivity index (χ0v) is 19.5. The third-order valence-electron chi connectivity index (χ3n) is 3.25. The lowest BCUT2D eigenvalue weighted by atomic mass is 10.1. The largest absolute Gasteiger partial charge is 0.481 e. The number of hydrogen-bond donors (Lipinski definition) is 3. The van der Waals surface area contributed by atoms with Gasteiger partial charge in [0.1, 0.15) is 5.60 Å². The van der Waals surface area contributed by atoms with Crippen LogP contribution in [0.1, 0.15) is 40.2 Å². The van der Waals surface area contributed by atoms with Crippen molar-refractivity contribution in [3.05, 3.63) is 23.9 Å². The van der Waals surface area contributed by atoms with E-state index in [4.69, 9.17) is 9.47 Å². The number of ether oxygens (including phenoxy) is 2. The van der Waals surface area contributed by atoms with Gasteiger partial charge in [0.2, 0.25) is 5.88 Å². The number of alkyl carbamates (subject to hydrolysis) is 1. The maximum absolute atomic E-state index is 11.9. The molecular weight excluding hydrogens is 461 g/mol. The molecule has 1 amide bonds. The average molecular weight is 493 g/mol. The van der Waals surface area contributed by atoms with Crippen LogP contribution >= 0.6 is 24.0 Å². The number of carbonyl (C=O) groups is 1. The fourth-order valence-corrected chi connectivity index (χ4v) is 2.07. The fourth-order valence-electron chi connectivity index (χ4n) is 2.07. The van der Waals surface area contributed by atoms with Gasteiger partial charge in [-0.3, -0.25) is 4.99 Å². The highest BCUT2D eigenvalue weighted by atomic mass is 127. The first-order valence-corrected chi connectivity index (χ1v) is 8.50. The Balaban J connectivity index is 0.00000676. The smallest absolute Gasteiger partial charge is 0.408 e.